The number of carbonyl (C=O) groups excluding carboxylic acids is 1. The summed E-state index contributed by atoms with van der Waals surface area (Å²) in [4.78, 5) is 11.9. The summed E-state index contributed by atoms with van der Waals surface area (Å²) in [6, 6.07) is 6.83. The smallest absolute Gasteiger partial charge is 0.224 e. The van der Waals surface area contributed by atoms with Gasteiger partial charge in [0.2, 0.25) is 5.91 Å². The fourth-order valence-electron chi connectivity index (χ4n) is 2.25. The normalized spacial score (nSPS) is 23.6. The SMILES string of the molecule is NC1CCCC1C(=O)NCc1ccc(O)cc1. The van der Waals surface area contributed by atoms with E-state index < -0.39 is 0 Å². The van der Waals surface area contributed by atoms with Crippen molar-refractivity contribution in [3.8, 4) is 5.75 Å². The van der Waals surface area contributed by atoms with Crippen LogP contribution in [0.4, 0.5) is 0 Å². The monoisotopic (exact) mass is 234 g/mol. The van der Waals surface area contributed by atoms with E-state index in [1.807, 2.05) is 0 Å². The third kappa shape index (κ3) is 2.97. The van der Waals surface area contributed by atoms with Gasteiger partial charge in [-0.1, -0.05) is 18.6 Å². The molecule has 4 heteroatoms. The van der Waals surface area contributed by atoms with Gasteiger partial charge in [0, 0.05) is 12.6 Å². The number of nitrogens with two attached hydrogens (primary N) is 1. The molecule has 4 N–H and O–H groups in total. The van der Waals surface area contributed by atoms with Crippen molar-refractivity contribution in [2.45, 2.75) is 31.8 Å². The topological polar surface area (TPSA) is 75.4 Å². The van der Waals surface area contributed by atoms with Gasteiger partial charge < -0.3 is 16.2 Å². The first-order chi connectivity index (χ1) is 8.16. The first-order valence-corrected chi connectivity index (χ1v) is 5.98. The van der Waals surface area contributed by atoms with Crippen LogP contribution in [-0.4, -0.2) is 17.1 Å². The Morgan fingerprint density at radius 1 is 1.35 bits per heavy atom. The molecule has 0 aromatic heterocycles. The largest absolute Gasteiger partial charge is 0.508 e. The molecular formula is C13H18N2O2. The highest BCUT2D eigenvalue weighted by atomic mass is 16.3. The van der Waals surface area contributed by atoms with Crippen LogP contribution in [0.15, 0.2) is 24.3 Å². The minimum atomic E-state index is -0.0351. The fraction of sp³-hybridized carbons (Fsp3) is 0.462. The molecular weight excluding hydrogens is 216 g/mol. The standard InChI is InChI=1S/C13H18N2O2/c14-12-3-1-2-11(12)13(17)15-8-9-4-6-10(16)7-5-9/h4-7,11-12,16H,1-3,8,14H2,(H,15,17). The molecule has 92 valence electrons. The molecule has 1 aliphatic carbocycles. The van der Waals surface area contributed by atoms with Crippen molar-refractivity contribution in [3.63, 3.8) is 0 Å². The van der Waals surface area contributed by atoms with E-state index in [-0.39, 0.29) is 23.6 Å². The van der Waals surface area contributed by atoms with Gasteiger partial charge in [0.05, 0.1) is 5.92 Å². The van der Waals surface area contributed by atoms with Gasteiger partial charge in [-0.25, -0.2) is 0 Å². The zero-order chi connectivity index (χ0) is 12.3. The Kier molecular flexibility index (Phi) is 3.64. The molecule has 4 nitrogen and oxygen atoms in total. The summed E-state index contributed by atoms with van der Waals surface area (Å²) in [5.74, 6) is 0.244. The highest BCUT2D eigenvalue weighted by molar-refractivity contribution is 5.79. The van der Waals surface area contributed by atoms with Gasteiger partial charge >= 0.3 is 0 Å². The zero-order valence-corrected chi connectivity index (χ0v) is 9.73. The predicted octanol–water partition coefficient (Wildman–Crippen LogP) is 1.14. The van der Waals surface area contributed by atoms with Crippen molar-refractivity contribution >= 4 is 5.91 Å². The second-order valence-electron chi connectivity index (χ2n) is 4.59. The van der Waals surface area contributed by atoms with E-state index in [4.69, 9.17) is 10.8 Å². The van der Waals surface area contributed by atoms with Crippen molar-refractivity contribution in [2.75, 3.05) is 0 Å². The molecule has 1 fully saturated rings. The number of aromatic hydroxyl groups is 1. The lowest BCUT2D eigenvalue weighted by molar-refractivity contribution is -0.125. The van der Waals surface area contributed by atoms with E-state index in [0.717, 1.165) is 24.8 Å². The third-order valence-corrected chi connectivity index (χ3v) is 3.31. The Balaban J connectivity index is 1.85. The quantitative estimate of drug-likeness (QED) is 0.734. The Bertz CT molecular complexity index is 389. The highest BCUT2D eigenvalue weighted by Gasteiger charge is 2.29. The zero-order valence-electron chi connectivity index (χ0n) is 9.73. The average Bonchev–Trinajstić information content (AvgIpc) is 2.74. The number of nitrogens with one attached hydrogen (secondary N) is 1. The summed E-state index contributed by atoms with van der Waals surface area (Å²) < 4.78 is 0. The molecule has 2 atom stereocenters. The predicted molar refractivity (Wildman–Crippen MR) is 65.3 cm³/mol. The van der Waals surface area contributed by atoms with Crippen LogP contribution < -0.4 is 11.1 Å². The molecule has 0 bridgehead atoms. The molecule has 1 amide bonds. The number of carbonyl (C=O) groups is 1. The Labute approximate surface area is 101 Å². The van der Waals surface area contributed by atoms with Gasteiger partial charge in [-0.2, -0.15) is 0 Å². The molecule has 2 unspecified atom stereocenters. The average molecular weight is 234 g/mol. The lowest BCUT2D eigenvalue weighted by atomic mass is 10.0. The summed E-state index contributed by atoms with van der Waals surface area (Å²) in [5.41, 5.74) is 6.85. The molecule has 1 saturated carbocycles. The molecule has 0 saturated heterocycles. The maximum absolute atomic E-state index is 11.9. The van der Waals surface area contributed by atoms with Crippen LogP contribution in [0.2, 0.25) is 0 Å². The molecule has 0 spiro atoms. The van der Waals surface area contributed by atoms with E-state index in [2.05, 4.69) is 5.32 Å². The van der Waals surface area contributed by atoms with Gasteiger partial charge in [-0.3, -0.25) is 4.79 Å². The lowest BCUT2D eigenvalue weighted by Crippen LogP contribution is -2.38. The van der Waals surface area contributed by atoms with Gasteiger partial charge in [-0.15, -0.1) is 0 Å². The number of phenolic OH excluding ortho intramolecular Hbond substituents is 1. The summed E-state index contributed by atoms with van der Waals surface area (Å²) >= 11 is 0. The maximum Gasteiger partial charge on any atom is 0.224 e. The summed E-state index contributed by atoms with van der Waals surface area (Å²) in [7, 11) is 0. The van der Waals surface area contributed by atoms with Crippen LogP contribution in [-0.2, 0) is 11.3 Å². The molecule has 1 aromatic rings. The first-order valence-electron chi connectivity index (χ1n) is 5.98. The minimum Gasteiger partial charge on any atom is -0.508 e. The molecule has 0 radical (unpaired) electrons. The minimum absolute atomic E-state index is 0.00909. The van der Waals surface area contributed by atoms with Crippen molar-refractivity contribution in [2.24, 2.45) is 11.7 Å². The van der Waals surface area contributed by atoms with Crippen LogP contribution in [0.5, 0.6) is 5.75 Å². The molecule has 17 heavy (non-hydrogen) atoms. The summed E-state index contributed by atoms with van der Waals surface area (Å²) in [6.45, 7) is 0.488. The molecule has 0 heterocycles. The number of hydrogen-bond donors (Lipinski definition) is 3. The van der Waals surface area contributed by atoms with Crippen LogP contribution in [0.1, 0.15) is 24.8 Å². The van der Waals surface area contributed by atoms with E-state index in [1.165, 1.54) is 0 Å². The molecule has 1 aromatic carbocycles. The maximum atomic E-state index is 11.9. The van der Waals surface area contributed by atoms with E-state index in [0.29, 0.717) is 6.54 Å². The van der Waals surface area contributed by atoms with Crippen LogP contribution in [0.3, 0.4) is 0 Å². The molecule has 2 rings (SSSR count). The number of rotatable bonds is 3. The second kappa shape index (κ2) is 5.19. The van der Waals surface area contributed by atoms with E-state index in [9.17, 15) is 4.79 Å². The number of hydrogen-bond acceptors (Lipinski definition) is 3. The number of benzene rings is 1. The van der Waals surface area contributed by atoms with E-state index >= 15 is 0 Å². The fourth-order valence-corrected chi connectivity index (χ4v) is 2.25. The first kappa shape index (κ1) is 11.9. The Morgan fingerprint density at radius 2 is 2.06 bits per heavy atom. The highest BCUT2D eigenvalue weighted by Crippen LogP contribution is 2.24. The number of phenols is 1. The summed E-state index contributed by atoms with van der Waals surface area (Å²) in [6.07, 6.45) is 2.87. The van der Waals surface area contributed by atoms with Gasteiger partial charge in [0.15, 0.2) is 0 Å². The van der Waals surface area contributed by atoms with Crippen molar-refractivity contribution < 1.29 is 9.90 Å². The van der Waals surface area contributed by atoms with Crippen LogP contribution in [0.25, 0.3) is 0 Å². The third-order valence-electron chi connectivity index (χ3n) is 3.31. The van der Waals surface area contributed by atoms with Crippen LogP contribution >= 0.6 is 0 Å². The van der Waals surface area contributed by atoms with Crippen molar-refractivity contribution in [3.05, 3.63) is 29.8 Å². The van der Waals surface area contributed by atoms with Crippen molar-refractivity contribution in [1.82, 2.24) is 5.32 Å². The Hall–Kier alpha value is -1.55. The number of amides is 1. The van der Waals surface area contributed by atoms with Gasteiger partial charge in [0.1, 0.15) is 5.75 Å². The van der Waals surface area contributed by atoms with Gasteiger partial charge in [0.25, 0.3) is 0 Å². The molecule has 0 aliphatic heterocycles. The summed E-state index contributed by atoms with van der Waals surface area (Å²) in [5, 5.41) is 12.0. The lowest BCUT2D eigenvalue weighted by Gasteiger charge is -2.15. The van der Waals surface area contributed by atoms with Gasteiger partial charge in [-0.05, 0) is 30.5 Å². The van der Waals surface area contributed by atoms with Crippen molar-refractivity contribution in [1.29, 1.82) is 0 Å². The van der Waals surface area contributed by atoms with Crippen LogP contribution in [0, 0.1) is 5.92 Å². The second-order valence-corrected chi connectivity index (χ2v) is 4.59. The molecule has 1 aliphatic rings. The Morgan fingerprint density at radius 3 is 2.65 bits per heavy atom. The van der Waals surface area contributed by atoms with E-state index in [1.54, 1.807) is 24.3 Å².